The Kier molecular flexibility index (Phi) is 5.84. The third-order valence-electron chi connectivity index (χ3n) is 5.24. The Labute approximate surface area is 162 Å². The van der Waals surface area contributed by atoms with Crippen LogP contribution in [0.2, 0.25) is 0 Å². The van der Waals surface area contributed by atoms with Crippen LogP contribution in [0, 0.1) is 0 Å². The van der Waals surface area contributed by atoms with Crippen LogP contribution in [0.3, 0.4) is 0 Å². The number of imidazole rings is 1. The fourth-order valence-electron chi connectivity index (χ4n) is 3.42. The Balaban J connectivity index is 1.67. The van der Waals surface area contributed by atoms with Crippen molar-refractivity contribution in [1.82, 2.24) is 14.9 Å². The van der Waals surface area contributed by atoms with Gasteiger partial charge in [-0.1, -0.05) is 24.3 Å². The second-order valence-corrected chi connectivity index (χ2v) is 7.45. The molecule has 2 aromatic rings. The van der Waals surface area contributed by atoms with Crippen LogP contribution in [0.25, 0.3) is 11.4 Å². The van der Waals surface area contributed by atoms with E-state index in [2.05, 4.69) is 10.3 Å². The third-order valence-corrected chi connectivity index (χ3v) is 5.24. The van der Waals surface area contributed by atoms with Crippen molar-refractivity contribution in [2.75, 3.05) is 14.2 Å². The summed E-state index contributed by atoms with van der Waals surface area (Å²) in [5.41, 5.74) is 0.843. The first-order valence-corrected chi connectivity index (χ1v) is 9.26. The van der Waals surface area contributed by atoms with Gasteiger partial charge in [0.25, 0.3) is 0 Å². The van der Waals surface area contributed by atoms with E-state index in [4.69, 9.17) is 9.47 Å². The monoisotopic (exact) mass is 397 g/mol. The Morgan fingerprint density at radius 2 is 1.79 bits per heavy atom. The number of hydrogen-bond donors (Lipinski definition) is 1. The van der Waals surface area contributed by atoms with Gasteiger partial charge in [-0.25, -0.2) is 4.98 Å². The van der Waals surface area contributed by atoms with Crippen LogP contribution in [0.15, 0.2) is 30.5 Å². The molecule has 1 aromatic heterocycles. The van der Waals surface area contributed by atoms with Gasteiger partial charge in [-0.15, -0.1) is 0 Å². The van der Waals surface area contributed by atoms with E-state index in [-0.39, 0.29) is 6.04 Å². The second kappa shape index (κ2) is 7.85. The van der Waals surface area contributed by atoms with E-state index in [9.17, 15) is 13.2 Å². The van der Waals surface area contributed by atoms with Crippen LogP contribution in [0.5, 0.6) is 0 Å². The maximum absolute atomic E-state index is 13.0. The number of ether oxygens (including phenoxy) is 2. The minimum absolute atomic E-state index is 0.125. The minimum Gasteiger partial charge on any atom is -0.353 e. The highest BCUT2D eigenvalue weighted by atomic mass is 19.4. The lowest BCUT2D eigenvalue weighted by Gasteiger charge is -2.45. The Morgan fingerprint density at radius 1 is 1.18 bits per heavy atom. The smallest absolute Gasteiger partial charge is 0.353 e. The zero-order chi connectivity index (χ0) is 20.5. The van der Waals surface area contributed by atoms with Gasteiger partial charge >= 0.3 is 6.18 Å². The number of alkyl halides is 3. The van der Waals surface area contributed by atoms with Gasteiger partial charge in [0.05, 0.1) is 0 Å². The molecule has 1 fully saturated rings. The molecule has 0 unspecified atom stereocenters. The van der Waals surface area contributed by atoms with Crippen LogP contribution in [-0.2, 0) is 22.2 Å². The average molecular weight is 397 g/mol. The summed E-state index contributed by atoms with van der Waals surface area (Å²) in [6.45, 7) is 4.34. The van der Waals surface area contributed by atoms with Crippen LogP contribution < -0.4 is 5.32 Å². The predicted octanol–water partition coefficient (Wildman–Crippen LogP) is 4.39. The van der Waals surface area contributed by atoms with Crippen LogP contribution in [0.1, 0.15) is 44.0 Å². The van der Waals surface area contributed by atoms with Gasteiger partial charge in [0, 0.05) is 57.4 Å². The zero-order valence-electron chi connectivity index (χ0n) is 16.5. The quantitative estimate of drug-likeness (QED) is 0.704. The van der Waals surface area contributed by atoms with Crippen molar-refractivity contribution < 1.29 is 22.6 Å². The predicted molar refractivity (Wildman–Crippen MR) is 99.7 cm³/mol. The van der Waals surface area contributed by atoms with Gasteiger partial charge in [0.15, 0.2) is 11.5 Å². The van der Waals surface area contributed by atoms with Gasteiger partial charge in [-0.3, -0.25) is 0 Å². The molecule has 0 aliphatic heterocycles. The molecule has 1 saturated carbocycles. The molecule has 0 atom stereocenters. The molecule has 5 nitrogen and oxygen atoms in total. The highest BCUT2D eigenvalue weighted by Crippen LogP contribution is 2.36. The molecular formula is C20H26F3N3O2. The molecule has 1 heterocycles. The van der Waals surface area contributed by atoms with Crippen molar-refractivity contribution in [2.45, 2.75) is 57.3 Å². The number of methoxy groups -OCH3 is 2. The molecule has 1 N–H and O–H groups in total. The van der Waals surface area contributed by atoms with E-state index in [1.165, 1.54) is 0 Å². The maximum Gasteiger partial charge on any atom is 0.434 e. The summed E-state index contributed by atoms with van der Waals surface area (Å²) in [7, 11) is 3.29. The molecule has 1 aromatic carbocycles. The lowest BCUT2D eigenvalue weighted by Crippen LogP contribution is -2.55. The van der Waals surface area contributed by atoms with Gasteiger partial charge in [0.2, 0.25) is 0 Å². The maximum atomic E-state index is 13.0. The second-order valence-electron chi connectivity index (χ2n) is 7.45. The summed E-state index contributed by atoms with van der Waals surface area (Å²) >= 11 is 0. The van der Waals surface area contributed by atoms with Gasteiger partial charge < -0.3 is 19.4 Å². The third kappa shape index (κ3) is 4.24. The fourth-order valence-corrected chi connectivity index (χ4v) is 3.42. The van der Waals surface area contributed by atoms with E-state index in [1.807, 2.05) is 38.1 Å². The molecule has 0 amide bonds. The van der Waals surface area contributed by atoms with Crippen molar-refractivity contribution in [2.24, 2.45) is 0 Å². The van der Waals surface area contributed by atoms with Gasteiger partial charge in [-0.05, 0) is 19.4 Å². The molecule has 0 radical (unpaired) electrons. The number of rotatable bonds is 7. The van der Waals surface area contributed by atoms with E-state index in [1.54, 1.807) is 18.8 Å². The topological polar surface area (TPSA) is 48.3 Å². The highest BCUT2D eigenvalue weighted by molar-refractivity contribution is 5.57. The van der Waals surface area contributed by atoms with Crippen LogP contribution >= 0.6 is 0 Å². The molecule has 1 aliphatic rings. The summed E-state index contributed by atoms with van der Waals surface area (Å²) in [6, 6.07) is 7.64. The molecule has 28 heavy (non-hydrogen) atoms. The number of nitrogens with zero attached hydrogens (tertiary/aromatic N) is 2. The first kappa shape index (κ1) is 20.8. The van der Waals surface area contributed by atoms with E-state index in [0.717, 1.165) is 24.6 Å². The highest BCUT2D eigenvalue weighted by Gasteiger charge is 2.44. The molecule has 3 rings (SSSR count). The Hall–Kier alpha value is -1.90. The summed E-state index contributed by atoms with van der Waals surface area (Å²) in [5.74, 6) is -0.156. The van der Waals surface area contributed by atoms with Crippen LogP contribution in [0.4, 0.5) is 13.2 Å². The molecule has 8 heteroatoms. The average Bonchev–Trinajstić information content (AvgIpc) is 3.08. The van der Waals surface area contributed by atoms with Crippen molar-refractivity contribution in [3.05, 3.63) is 41.7 Å². The first-order valence-electron chi connectivity index (χ1n) is 9.26. The lowest BCUT2D eigenvalue weighted by molar-refractivity contribution is -0.259. The van der Waals surface area contributed by atoms with Crippen molar-refractivity contribution in [3.63, 3.8) is 0 Å². The molecule has 0 saturated heterocycles. The standard InChI is InChI=1S/C20H26F3N3O2/c1-13(2)26-12-17(20(21,22)23)25-18(26)15-7-5-14(6-8-15)11-24-16-9-19(10-16,27-3)28-4/h5-8,12-13,16,24H,9-11H2,1-4H3. The summed E-state index contributed by atoms with van der Waals surface area (Å²) < 4.78 is 51.4. The van der Waals surface area contributed by atoms with E-state index >= 15 is 0 Å². The number of aromatic nitrogens is 2. The van der Waals surface area contributed by atoms with Gasteiger partial charge in [-0.2, -0.15) is 13.2 Å². The SMILES string of the molecule is COC1(OC)CC(NCc2ccc(-c3nc(C(F)(F)F)cn3C(C)C)cc2)C1. The molecule has 154 valence electrons. The van der Waals surface area contributed by atoms with Crippen molar-refractivity contribution in [3.8, 4) is 11.4 Å². The normalized spacial score (nSPS) is 17.1. The van der Waals surface area contributed by atoms with E-state index < -0.39 is 17.7 Å². The van der Waals surface area contributed by atoms with Gasteiger partial charge in [0.1, 0.15) is 5.82 Å². The summed E-state index contributed by atoms with van der Waals surface area (Å²) in [5, 5.41) is 3.44. The molecular weight excluding hydrogens is 371 g/mol. The fraction of sp³-hybridized carbons (Fsp3) is 0.550. The van der Waals surface area contributed by atoms with Crippen molar-refractivity contribution >= 4 is 0 Å². The molecule has 0 bridgehead atoms. The summed E-state index contributed by atoms with van der Waals surface area (Å²) in [4.78, 5) is 3.83. The number of halogens is 3. The molecule has 0 spiro atoms. The minimum atomic E-state index is -4.46. The summed E-state index contributed by atoms with van der Waals surface area (Å²) in [6.07, 6.45) is -1.82. The number of nitrogens with one attached hydrogen (secondary N) is 1. The number of benzene rings is 1. The van der Waals surface area contributed by atoms with E-state index in [0.29, 0.717) is 24.0 Å². The zero-order valence-corrected chi connectivity index (χ0v) is 16.5. The largest absolute Gasteiger partial charge is 0.434 e. The molecule has 1 aliphatic carbocycles. The Morgan fingerprint density at radius 3 is 2.29 bits per heavy atom. The number of hydrogen-bond acceptors (Lipinski definition) is 4. The Bertz CT molecular complexity index is 788. The lowest BCUT2D eigenvalue weighted by atomic mass is 9.85. The van der Waals surface area contributed by atoms with Crippen molar-refractivity contribution in [1.29, 1.82) is 0 Å². The van der Waals surface area contributed by atoms with Crippen LogP contribution in [-0.4, -0.2) is 35.6 Å². The first-order chi connectivity index (χ1) is 13.2.